The standard InChI is InChI=1S/C9H10O2.In.3H/c1-2-7-5-3-4-6-8(7)9(10)11;;;;/h3-6H,2H2,1H3,(H,10,11);;;;. The van der Waals surface area contributed by atoms with E-state index in [1.165, 1.54) is 0 Å². The molecule has 2 nitrogen and oxygen atoms in total. The molecule has 0 saturated carbocycles. The first kappa shape index (κ1) is 11.6. The summed E-state index contributed by atoms with van der Waals surface area (Å²) in [6.45, 7) is 1.95. The molecule has 0 aromatic heterocycles. The van der Waals surface area contributed by atoms with Crippen LogP contribution in [0.3, 0.4) is 0 Å². The van der Waals surface area contributed by atoms with Crippen LogP contribution in [0.25, 0.3) is 0 Å². The summed E-state index contributed by atoms with van der Waals surface area (Å²) in [6, 6.07) is 7.05. The molecule has 1 rings (SSSR count). The molecule has 0 unspecified atom stereocenters. The molecule has 64 valence electrons. The van der Waals surface area contributed by atoms with Gasteiger partial charge in [-0.1, -0.05) is 25.1 Å². The first-order chi connectivity index (χ1) is 5.25. The Kier molecular flexibility index (Phi) is 5.06. The summed E-state index contributed by atoms with van der Waals surface area (Å²) in [5.41, 5.74) is 1.30. The van der Waals surface area contributed by atoms with E-state index in [2.05, 4.69) is 0 Å². The number of hydrogen-bond acceptors (Lipinski definition) is 1. The second kappa shape index (κ2) is 5.25. The van der Waals surface area contributed by atoms with Gasteiger partial charge in [0, 0.05) is 0 Å². The van der Waals surface area contributed by atoms with Gasteiger partial charge < -0.3 is 5.11 Å². The molecule has 1 N–H and O–H groups in total. The normalized spacial score (nSPS) is 8.75. The zero-order chi connectivity index (χ0) is 8.27. The summed E-state index contributed by atoms with van der Waals surface area (Å²) >= 11 is 0. The fourth-order valence-corrected chi connectivity index (χ4v) is 1.04. The zero-order valence-corrected chi connectivity index (χ0v) is 6.37. The van der Waals surface area contributed by atoms with Crippen LogP contribution in [-0.2, 0) is 6.42 Å². The molecule has 0 aliphatic rings. The fraction of sp³-hybridized carbons (Fsp3) is 0.222. The number of carboxylic acid groups (broad SMARTS) is 1. The van der Waals surface area contributed by atoms with E-state index in [-0.39, 0.29) is 25.8 Å². The van der Waals surface area contributed by atoms with E-state index in [0.717, 1.165) is 12.0 Å². The number of hydrogen-bond donors (Lipinski definition) is 1. The second-order valence-corrected chi connectivity index (χ2v) is 2.32. The molecule has 12 heavy (non-hydrogen) atoms. The van der Waals surface area contributed by atoms with Crippen molar-refractivity contribution in [2.45, 2.75) is 13.3 Å². The SMILES string of the molecule is CCc1ccccc1C(=O)O.[InH3]. The number of aryl methyl sites for hydroxylation is 1. The van der Waals surface area contributed by atoms with Crippen molar-refractivity contribution in [1.29, 1.82) is 0 Å². The number of rotatable bonds is 2. The van der Waals surface area contributed by atoms with Gasteiger partial charge in [0.25, 0.3) is 0 Å². The molecule has 0 heterocycles. The Morgan fingerprint density at radius 1 is 1.42 bits per heavy atom. The Bertz CT molecular complexity index is 271. The van der Waals surface area contributed by atoms with Crippen molar-refractivity contribution < 1.29 is 9.90 Å². The molecule has 3 heteroatoms. The zero-order valence-electron chi connectivity index (χ0n) is 6.37. The van der Waals surface area contributed by atoms with Crippen molar-refractivity contribution in [3.8, 4) is 0 Å². The number of benzene rings is 1. The number of aromatic carboxylic acids is 1. The first-order valence-corrected chi connectivity index (χ1v) is 3.57. The minimum atomic E-state index is -0.845. The number of carbonyl (C=O) groups is 1. The van der Waals surface area contributed by atoms with Gasteiger partial charge in [-0.25, -0.2) is 4.79 Å². The van der Waals surface area contributed by atoms with Crippen LogP contribution < -0.4 is 0 Å². The van der Waals surface area contributed by atoms with E-state index in [1.807, 2.05) is 19.1 Å². The van der Waals surface area contributed by atoms with Gasteiger partial charge in [-0.2, -0.15) is 0 Å². The Labute approximate surface area is 90.4 Å². The summed E-state index contributed by atoms with van der Waals surface area (Å²) in [5.74, 6) is -0.845. The van der Waals surface area contributed by atoms with Crippen LogP contribution in [0.1, 0.15) is 22.8 Å². The summed E-state index contributed by atoms with van der Waals surface area (Å²) in [6.07, 6.45) is 0.766. The van der Waals surface area contributed by atoms with Crippen molar-refractivity contribution in [3.05, 3.63) is 35.4 Å². The molecule has 0 aliphatic carbocycles. The first-order valence-electron chi connectivity index (χ1n) is 3.57. The molecule has 0 amide bonds. The Hall–Kier alpha value is -0.440. The molecule has 0 aliphatic heterocycles. The van der Waals surface area contributed by atoms with Crippen molar-refractivity contribution in [2.24, 2.45) is 0 Å². The molecule has 1 aromatic carbocycles. The van der Waals surface area contributed by atoms with Crippen LogP contribution in [0.2, 0.25) is 0 Å². The minimum absolute atomic E-state index is 0. The van der Waals surface area contributed by atoms with E-state index >= 15 is 0 Å². The van der Waals surface area contributed by atoms with Crippen LogP contribution in [0, 0.1) is 0 Å². The summed E-state index contributed by atoms with van der Waals surface area (Å²) in [5, 5.41) is 8.70. The van der Waals surface area contributed by atoms with Crippen molar-refractivity contribution in [1.82, 2.24) is 0 Å². The predicted octanol–water partition coefficient (Wildman–Crippen LogP) is 0.763. The molecule has 0 atom stereocenters. The summed E-state index contributed by atoms with van der Waals surface area (Å²) < 4.78 is 0. The monoisotopic (exact) mass is 268 g/mol. The summed E-state index contributed by atoms with van der Waals surface area (Å²) in [4.78, 5) is 10.6. The molecule has 0 spiro atoms. The molecule has 0 fully saturated rings. The van der Waals surface area contributed by atoms with Crippen molar-refractivity contribution in [2.75, 3.05) is 0 Å². The average Bonchev–Trinajstić information content (AvgIpc) is 2.04. The van der Waals surface area contributed by atoms with E-state index in [9.17, 15) is 4.79 Å². The van der Waals surface area contributed by atoms with Crippen molar-refractivity contribution >= 4 is 31.8 Å². The van der Waals surface area contributed by atoms with Gasteiger partial charge in [0.1, 0.15) is 0 Å². The van der Waals surface area contributed by atoms with Crippen LogP contribution in [0.4, 0.5) is 0 Å². The molecule has 0 bridgehead atoms. The van der Waals surface area contributed by atoms with E-state index in [1.54, 1.807) is 12.1 Å². The molecular formula is C9H13InO2. The van der Waals surface area contributed by atoms with E-state index in [0.29, 0.717) is 5.56 Å². The molecule has 0 saturated heterocycles. The van der Waals surface area contributed by atoms with Gasteiger partial charge in [0.15, 0.2) is 0 Å². The van der Waals surface area contributed by atoms with Gasteiger partial charge in [-0.3, -0.25) is 0 Å². The maximum absolute atomic E-state index is 10.6. The second-order valence-electron chi connectivity index (χ2n) is 2.32. The Morgan fingerprint density at radius 2 is 2.00 bits per heavy atom. The number of carboxylic acids is 1. The Morgan fingerprint density at radius 3 is 2.42 bits per heavy atom. The third kappa shape index (κ3) is 2.55. The quantitative estimate of drug-likeness (QED) is 0.860. The van der Waals surface area contributed by atoms with Crippen LogP contribution in [-0.4, -0.2) is 36.9 Å². The van der Waals surface area contributed by atoms with Crippen LogP contribution in [0.5, 0.6) is 0 Å². The van der Waals surface area contributed by atoms with Gasteiger partial charge >= 0.3 is 31.8 Å². The summed E-state index contributed by atoms with van der Waals surface area (Å²) in [7, 11) is 0. The molecule has 0 radical (unpaired) electrons. The third-order valence-electron chi connectivity index (χ3n) is 1.63. The predicted molar refractivity (Wildman–Crippen MR) is 52.7 cm³/mol. The van der Waals surface area contributed by atoms with Crippen LogP contribution >= 0.6 is 0 Å². The van der Waals surface area contributed by atoms with Gasteiger partial charge in [-0.05, 0) is 18.1 Å². The van der Waals surface area contributed by atoms with Crippen LogP contribution in [0.15, 0.2) is 24.3 Å². The van der Waals surface area contributed by atoms with E-state index < -0.39 is 5.97 Å². The average molecular weight is 268 g/mol. The van der Waals surface area contributed by atoms with Gasteiger partial charge in [-0.15, -0.1) is 0 Å². The van der Waals surface area contributed by atoms with Gasteiger partial charge in [0.05, 0.1) is 5.56 Å². The fourth-order valence-electron chi connectivity index (χ4n) is 1.04. The van der Waals surface area contributed by atoms with Gasteiger partial charge in [0.2, 0.25) is 0 Å². The van der Waals surface area contributed by atoms with E-state index in [4.69, 9.17) is 5.11 Å². The molecular weight excluding hydrogens is 255 g/mol. The van der Waals surface area contributed by atoms with Crippen molar-refractivity contribution in [3.63, 3.8) is 0 Å². The third-order valence-corrected chi connectivity index (χ3v) is 1.63. The Balaban J connectivity index is 0.00000121. The topological polar surface area (TPSA) is 37.3 Å². The maximum atomic E-state index is 10.6. The molecule has 1 aromatic rings.